The first-order valence-electron chi connectivity index (χ1n) is 35.8. The number of hydrogen-bond acceptors (Lipinski definition) is 6. The molecule has 1 unspecified atom stereocenters. The lowest BCUT2D eigenvalue weighted by Gasteiger charge is -2.18. The Balaban J connectivity index is 4.12. The minimum atomic E-state index is -0.770. The molecule has 6 heteroatoms. The van der Waals surface area contributed by atoms with Gasteiger partial charge in [-0.15, -0.1) is 0 Å². The molecule has 0 saturated carbocycles. The second-order valence-electron chi connectivity index (χ2n) is 24.5. The van der Waals surface area contributed by atoms with E-state index in [1.165, 1.54) is 308 Å². The monoisotopic (exact) mass is 1110 g/mol. The van der Waals surface area contributed by atoms with Gasteiger partial charge in [-0.3, -0.25) is 14.4 Å². The highest BCUT2D eigenvalue weighted by Gasteiger charge is 2.19. The highest BCUT2D eigenvalue weighted by molar-refractivity contribution is 5.71. The first-order valence-corrected chi connectivity index (χ1v) is 35.8. The Kier molecular flexibility index (Phi) is 66.6. The van der Waals surface area contributed by atoms with Gasteiger partial charge in [0.1, 0.15) is 13.2 Å². The molecule has 466 valence electrons. The van der Waals surface area contributed by atoms with Crippen LogP contribution in [0.2, 0.25) is 0 Å². The minimum absolute atomic E-state index is 0.0666. The Hall–Kier alpha value is -2.11. The molecule has 0 aromatic carbocycles. The van der Waals surface area contributed by atoms with Crippen LogP contribution >= 0.6 is 0 Å². The summed E-state index contributed by atoms with van der Waals surface area (Å²) in [7, 11) is 0. The molecule has 79 heavy (non-hydrogen) atoms. The van der Waals surface area contributed by atoms with Gasteiger partial charge in [-0.25, -0.2) is 0 Å². The van der Waals surface area contributed by atoms with E-state index in [0.29, 0.717) is 19.3 Å². The van der Waals surface area contributed by atoms with Gasteiger partial charge in [0.15, 0.2) is 6.10 Å². The van der Waals surface area contributed by atoms with Crippen LogP contribution in [0.1, 0.15) is 406 Å². The van der Waals surface area contributed by atoms with E-state index < -0.39 is 6.10 Å². The van der Waals surface area contributed by atoms with E-state index >= 15 is 0 Å². The lowest BCUT2D eigenvalue weighted by Crippen LogP contribution is -2.30. The van der Waals surface area contributed by atoms with Gasteiger partial charge in [0, 0.05) is 19.3 Å². The van der Waals surface area contributed by atoms with E-state index in [0.717, 1.165) is 57.8 Å². The molecule has 0 rings (SSSR count). The quantitative estimate of drug-likeness (QED) is 0.0261. The molecule has 0 heterocycles. The van der Waals surface area contributed by atoms with Crippen molar-refractivity contribution in [2.24, 2.45) is 0 Å². The number of allylic oxidation sites excluding steroid dienone is 4. The maximum Gasteiger partial charge on any atom is 0.306 e. The summed E-state index contributed by atoms with van der Waals surface area (Å²) in [6.07, 6.45) is 83.6. The third-order valence-corrected chi connectivity index (χ3v) is 16.4. The molecular formula is C73H138O6. The number of rotatable bonds is 67. The van der Waals surface area contributed by atoms with Crippen LogP contribution in [0.15, 0.2) is 24.3 Å². The van der Waals surface area contributed by atoms with Crippen LogP contribution < -0.4 is 0 Å². The largest absolute Gasteiger partial charge is 0.462 e. The summed E-state index contributed by atoms with van der Waals surface area (Å²) in [6.45, 7) is 6.70. The van der Waals surface area contributed by atoms with Crippen molar-refractivity contribution >= 4 is 17.9 Å². The zero-order valence-electron chi connectivity index (χ0n) is 53.7. The van der Waals surface area contributed by atoms with E-state index in [-0.39, 0.29) is 31.1 Å². The number of hydrogen-bond donors (Lipinski definition) is 0. The first-order chi connectivity index (χ1) is 39.0. The van der Waals surface area contributed by atoms with Crippen LogP contribution in [0.3, 0.4) is 0 Å². The summed E-state index contributed by atoms with van der Waals surface area (Å²) in [4.78, 5) is 38.4. The van der Waals surface area contributed by atoms with Crippen LogP contribution in [0.5, 0.6) is 0 Å². The molecule has 0 aliphatic carbocycles. The van der Waals surface area contributed by atoms with Crippen molar-refractivity contribution in [1.82, 2.24) is 0 Å². The predicted molar refractivity (Wildman–Crippen MR) is 344 cm³/mol. The summed E-state index contributed by atoms with van der Waals surface area (Å²) < 4.78 is 17.0. The number of carbonyl (C=O) groups is 3. The van der Waals surface area contributed by atoms with E-state index in [9.17, 15) is 14.4 Å². The Labute approximate surface area is 493 Å². The van der Waals surface area contributed by atoms with Crippen LogP contribution in [-0.2, 0) is 28.6 Å². The maximum atomic E-state index is 12.9. The van der Waals surface area contributed by atoms with Crippen LogP contribution in [0, 0.1) is 0 Å². The fourth-order valence-electron chi connectivity index (χ4n) is 11.0. The highest BCUT2D eigenvalue weighted by atomic mass is 16.6. The average molecular weight is 1110 g/mol. The summed E-state index contributed by atoms with van der Waals surface area (Å²) >= 11 is 0. The van der Waals surface area contributed by atoms with Gasteiger partial charge >= 0.3 is 17.9 Å². The topological polar surface area (TPSA) is 78.9 Å². The number of unbranched alkanes of at least 4 members (excludes halogenated alkanes) is 52. The minimum Gasteiger partial charge on any atom is -0.462 e. The molecule has 0 saturated heterocycles. The van der Waals surface area contributed by atoms with Gasteiger partial charge in [-0.2, -0.15) is 0 Å². The van der Waals surface area contributed by atoms with Crippen LogP contribution in [-0.4, -0.2) is 37.2 Å². The van der Waals surface area contributed by atoms with Gasteiger partial charge in [0.2, 0.25) is 0 Å². The van der Waals surface area contributed by atoms with E-state index in [1.807, 2.05) is 0 Å². The second-order valence-corrected chi connectivity index (χ2v) is 24.5. The Morgan fingerprint density at radius 2 is 0.418 bits per heavy atom. The van der Waals surface area contributed by atoms with Crippen molar-refractivity contribution in [3.05, 3.63) is 24.3 Å². The average Bonchev–Trinajstić information content (AvgIpc) is 3.45. The Morgan fingerprint density at radius 1 is 0.241 bits per heavy atom. The number of carbonyl (C=O) groups excluding carboxylic acids is 3. The molecule has 0 fully saturated rings. The smallest absolute Gasteiger partial charge is 0.306 e. The SMILES string of the molecule is CCCCCCCCC/C=C\CCCCCCCCCC(=O)OC(COC(=O)CCCCCCCCCCCCCC)COC(=O)CCCCCCCCCCCCCCCCCCCCC/C=C\CCCCCCCCCC. The zero-order chi connectivity index (χ0) is 57.1. The Morgan fingerprint density at radius 3 is 0.633 bits per heavy atom. The first kappa shape index (κ1) is 76.9. The van der Waals surface area contributed by atoms with E-state index in [4.69, 9.17) is 14.2 Å². The molecule has 0 aromatic heterocycles. The van der Waals surface area contributed by atoms with Crippen LogP contribution in [0.25, 0.3) is 0 Å². The normalized spacial score (nSPS) is 12.1. The molecule has 0 aliphatic heterocycles. The van der Waals surface area contributed by atoms with E-state index in [2.05, 4.69) is 45.1 Å². The van der Waals surface area contributed by atoms with Gasteiger partial charge in [0.25, 0.3) is 0 Å². The van der Waals surface area contributed by atoms with E-state index in [1.54, 1.807) is 0 Å². The third-order valence-electron chi connectivity index (χ3n) is 16.4. The molecule has 0 aliphatic rings. The molecule has 6 nitrogen and oxygen atoms in total. The second kappa shape index (κ2) is 68.4. The summed E-state index contributed by atoms with van der Waals surface area (Å²) in [5, 5.41) is 0. The maximum absolute atomic E-state index is 12.9. The summed E-state index contributed by atoms with van der Waals surface area (Å²) in [5.41, 5.74) is 0. The van der Waals surface area contributed by atoms with Crippen molar-refractivity contribution in [2.75, 3.05) is 13.2 Å². The fourth-order valence-corrected chi connectivity index (χ4v) is 11.0. The van der Waals surface area contributed by atoms with Crippen molar-refractivity contribution in [3.8, 4) is 0 Å². The molecule has 0 spiro atoms. The molecular weight excluding hydrogens is 973 g/mol. The summed E-state index contributed by atoms with van der Waals surface area (Å²) in [5.74, 6) is -0.841. The zero-order valence-corrected chi connectivity index (χ0v) is 53.7. The Bertz CT molecular complexity index is 1270. The molecule has 0 bridgehead atoms. The molecule has 0 aromatic rings. The molecule has 0 amide bonds. The summed E-state index contributed by atoms with van der Waals surface area (Å²) in [6, 6.07) is 0. The van der Waals surface area contributed by atoms with Crippen molar-refractivity contribution in [1.29, 1.82) is 0 Å². The predicted octanol–water partition coefficient (Wildman–Crippen LogP) is 24.6. The number of esters is 3. The fraction of sp³-hybridized carbons (Fsp3) is 0.904. The van der Waals surface area contributed by atoms with Gasteiger partial charge < -0.3 is 14.2 Å². The standard InChI is InChI=1S/C73H138O6/c1-4-7-10-13-16-19-22-25-27-29-31-32-33-34-35-36-37-38-39-40-41-42-43-45-46-48-51-54-57-60-63-66-72(75)78-69-70(68-77-71(74)65-62-59-56-53-50-24-21-18-15-12-9-6-3)79-73(76)67-64-61-58-55-52-49-47-44-30-28-26-23-20-17-14-11-8-5-2/h28-31,70H,4-27,32-69H2,1-3H3/b30-28-,31-29-. The lowest BCUT2D eigenvalue weighted by atomic mass is 10.0. The van der Waals surface area contributed by atoms with Gasteiger partial charge in [-0.05, 0) is 70.6 Å². The van der Waals surface area contributed by atoms with Crippen LogP contribution in [0.4, 0.5) is 0 Å². The molecule has 1 atom stereocenters. The van der Waals surface area contributed by atoms with Crippen molar-refractivity contribution in [2.45, 2.75) is 412 Å². The van der Waals surface area contributed by atoms with Crippen molar-refractivity contribution < 1.29 is 28.6 Å². The lowest BCUT2D eigenvalue weighted by molar-refractivity contribution is -0.167. The molecule has 0 radical (unpaired) electrons. The van der Waals surface area contributed by atoms with Gasteiger partial charge in [0.05, 0.1) is 0 Å². The number of ether oxygens (including phenoxy) is 3. The van der Waals surface area contributed by atoms with Gasteiger partial charge in [-0.1, -0.05) is 340 Å². The highest BCUT2D eigenvalue weighted by Crippen LogP contribution is 2.19. The third kappa shape index (κ3) is 66.6. The van der Waals surface area contributed by atoms with Crippen molar-refractivity contribution in [3.63, 3.8) is 0 Å². The molecule has 0 N–H and O–H groups in total.